The maximum Gasteiger partial charge on any atom is 0.246 e. The SMILES string of the molecule is Cc1ccccc1C=CC(=O)N(C)CC(=O)Nc1cccc(C)c1C. The monoisotopic (exact) mass is 336 g/mol. The summed E-state index contributed by atoms with van der Waals surface area (Å²) < 4.78 is 0. The van der Waals surface area contributed by atoms with Gasteiger partial charge in [0.25, 0.3) is 0 Å². The Hall–Kier alpha value is -2.88. The Balaban J connectivity index is 1.95. The first kappa shape index (κ1) is 18.5. The molecule has 0 aliphatic rings. The number of rotatable bonds is 5. The molecule has 130 valence electrons. The maximum atomic E-state index is 12.2. The Morgan fingerprint density at radius 3 is 2.40 bits per heavy atom. The van der Waals surface area contributed by atoms with Gasteiger partial charge in [-0.3, -0.25) is 9.59 Å². The summed E-state index contributed by atoms with van der Waals surface area (Å²) in [5.41, 5.74) is 5.01. The van der Waals surface area contributed by atoms with Gasteiger partial charge in [-0.05, 0) is 55.2 Å². The molecular formula is C21H24N2O2. The normalized spacial score (nSPS) is 10.7. The Labute approximate surface area is 149 Å². The minimum absolute atomic E-state index is 0.00429. The number of amides is 2. The number of carbonyl (C=O) groups is 2. The summed E-state index contributed by atoms with van der Waals surface area (Å²) in [6, 6.07) is 13.6. The molecule has 0 spiro atoms. The first-order chi connectivity index (χ1) is 11.9. The molecule has 0 radical (unpaired) electrons. The van der Waals surface area contributed by atoms with Gasteiger partial charge in [-0.2, -0.15) is 0 Å². The zero-order chi connectivity index (χ0) is 18.4. The van der Waals surface area contributed by atoms with Crippen molar-refractivity contribution in [2.24, 2.45) is 0 Å². The van der Waals surface area contributed by atoms with E-state index in [1.807, 2.05) is 63.2 Å². The lowest BCUT2D eigenvalue weighted by Crippen LogP contribution is -2.34. The number of likely N-dealkylation sites (N-methyl/N-ethyl adjacent to an activating group) is 1. The molecule has 0 aromatic heterocycles. The molecule has 0 unspecified atom stereocenters. The van der Waals surface area contributed by atoms with E-state index >= 15 is 0 Å². The Morgan fingerprint density at radius 1 is 1.00 bits per heavy atom. The summed E-state index contributed by atoms with van der Waals surface area (Å²) in [7, 11) is 1.62. The highest BCUT2D eigenvalue weighted by Crippen LogP contribution is 2.17. The van der Waals surface area contributed by atoms with Gasteiger partial charge < -0.3 is 10.2 Å². The number of hydrogen-bond acceptors (Lipinski definition) is 2. The van der Waals surface area contributed by atoms with Crippen LogP contribution in [0.4, 0.5) is 5.69 Å². The summed E-state index contributed by atoms with van der Waals surface area (Å²) in [5, 5.41) is 2.86. The Kier molecular flexibility index (Phi) is 6.12. The molecule has 0 heterocycles. The average molecular weight is 336 g/mol. The first-order valence-corrected chi connectivity index (χ1v) is 8.23. The van der Waals surface area contributed by atoms with Gasteiger partial charge in [0.2, 0.25) is 11.8 Å². The molecule has 4 nitrogen and oxygen atoms in total. The summed E-state index contributed by atoms with van der Waals surface area (Å²) in [6.45, 7) is 5.96. The van der Waals surface area contributed by atoms with Crippen molar-refractivity contribution in [2.45, 2.75) is 20.8 Å². The fourth-order valence-corrected chi connectivity index (χ4v) is 2.43. The van der Waals surface area contributed by atoms with Crippen molar-refractivity contribution in [1.29, 1.82) is 0 Å². The molecule has 2 rings (SSSR count). The first-order valence-electron chi connectivity index (χ1n) is 8.23. The van der Waals surface area contributed by atoms with Crippen molar-refractivity contribution >= 4 is 23.6 Å². The van der Waals surface area contributed by atoms with E-state index in [0.717, 1.165) is 27.9 Å². The van der Waals surface area contributed by atoms with Gasteiger partial charge in [0.05, 0.1) is 6.54 Å². The third kappa shape index (κ3) is 5.05. The molecule has 2 aromatic rings. The average Bonchev–Trinajstić information content (AvgIpc) is 2.58. The molecule has 4 heteroatoms. The number of aryl methyl sites for hydroxylation is 2. The van der Waals surface area contributed by atoms with E-state index < -0.39 is 0 Å². The smallest absolute Gasteiger partial charge is 0.246 e. The zero-order valence-corrected chi connectivity index (χ0v) is 15.2. The van der Waals surface area contributed by atoms with Crippen molar-refractivity contribution in [1.82, 2.24) is 4.90 Å². The molecule has 0 aliphatic heterocycles. The minimum atomic E-state index is -0.214. The summed E-state index contributed by atoms with van der Waals surface area (Å²) in [6.07, 6.45) is 3.27. The largest absolute Gasteiger partial charge is 0.333 e. The van der Waals surface area contributed by atoms with Gasteiger partial charge in [-0.15, -0.1) is 0 Å². The van der Waals surface area contributed by atoms with Crippen LogP contribution in [-0.4, -0.2) is 30.3 Å². The second kappa shape index (κ2) is 8.29. The molecule has 25 heavy (non-hydrogen) atoms. The van der Waals surface area contributed by atoms with Crippen LogP contribution in [0.1, 0.15) is 22.3 Å². The molecule has 0 bridgehead atoms. The summed E-state index contributed by atoms with van der Waals surface area (Å²) in [4.78, 5) is 25.8. The van der Waals surface area contributed by atoms with E-state index in [1.54, 1.807) is 13.1 Å². The van der Waals surface area contributed by atoms with E-state index in [1.165, 1.54) is 11.0 Å². The number of carbonyl (C=O) groups excluding carboxylic acids is 2. The molecule has 2 aromatic carbocycles. The highest BCUT2D eigenvalue weighted by atomic mass is 16.2. The summed E-state index contributed by atoms with van der Waals surface area (Å²) >= 11 is 0. The van der Waals surface area contributed by atoms with E-state index in [-0.39, 0.29) is 18.4 Å². The second-order valence-corrected chi connectivity index (χ2v) is 6.18. The number of nitrogens with zero attached hydrogens (tertiary/aromatic N) is 1. The van der Waals surface area contributed by atoms with Crippen LogP contribution in [0.25, 0.3) is 6.08 Å². The highest BCUT2D eigenvalue weighted by Gasteiger charge is 2.12. The van der Waals surface area contributed by atoms with E-state index in [4.69, 9.17) is 0 Å². The van der Waals surface area contributed by atoms with Crippen LogP contribution >= 0.6 is 0 Å². The van der Waals surface area contributed by atoms with Gasteiger partial charge >= 0.3 is 0 Å². The van der Waals surface area contributed by atoms with Crippen LogP contribution in [0.3, 0.4) is 0 Å². The predicted molar refractivity (Wildman–Crippen MR) is 102 cm³/mol. The molecule has 0 saturated heterocycles. The fourth-order valence-electron chi connectivity index (χ4n) is 2.43. The van der Waals surface area contributed by atoms with Gasteiger partial charge in [0.15, 0.2) is 0 Å². The summed E-state index contributed by atoms with van der Waals surface area (Å²) in [5.74, 6) is -0.423. The third-order valence-electron chi connectivity index (χ3n) is 4.23. The lowest BCUT2D eigenvalue weighted by molar-refractivity contribution is -0.129. The molecule has 0 fully saturated rings. The predicted octanol–water partition coefficient (Wildman–Crippen LogP) is 3.72. The third-order valence-corrected chi connectivity index (χ3v) is 4.23. The molecular weight excluding hydrogens is 312 g/mol. The van der Waals surface area contributed by atoms with Crippen molar-refractivity contribution in [3.63, 3.8) is 0 Å². The maximum absolute atomic E-state index is 12.2. The van der Waals surface area contributed by atoms with Crippen molar-refractivity contribution in [3.8, 4) is 0 Å². The van der Waals surface area contributed by atoms with E-state index in [0.29, 0.717) is 0 Å². The van der Waals surface area contributed by atoms with Crippen LogP contribution in [0.5, 0.6) is 0 Å². The van der Waals surface area contributed by atoms with Crippen LogP contribution in [0, 0.1) is 20.8 Å². The van der Waals surface area contributed by atoms with Crippen molar-refractivity contribution in [2.75, 3.05) is 18.9 Å². The lowest BCUT2D eigenvalue weighted by Gasteiger charge is -2.16. The number of nitrogens with one attached hydrogen (secondary N) is 1. The van der Waals surface area contributed by atoms with Crippen LogP contribution < -0.4 is 5.32 Å². The topological polar surface area (TPSA) is 49.4 Å². The van der Waals surface area contributed by atoms with Gasteiger partial charge in [-0.1, -0.05) is 36.4 Å². The lowest BCUT2D eigenvalue weighted by atomic mass is 10.1. The van der Waals surface area contributed by atoms with Gasteiger partial charge in [0, 0.05) is 18.8 Å². The van der Waals surface area contributed by atoms with Crippen LogP contribution in [0.15, 0.2) is 48.5 Å². The molecule has 0 atom stereocenters. The number of benzene rings is 2. The van der Waals surface area contributed by atoms with Gasteiger partial charge in [0.1, 0.15) is 0 Å². The standard InChI is InChI=1S/C21H24N2O2/c1-15-9-7-11-19(17(15)3)22-20(24)14-23(4)21(25)13-12-18-10-6-5-8-16(18)2/h5-13H,14H2,1-4H3,(H,22,24). The fraction of sp³-hybridized carbons (Fsp3) is 0.238. The van der Waals surface area contributed by atoms with E-state index in [9.17, 15) is 9.59 Å². The number of anilines is 1. The Morgan fingerprint density at radius 2 is 1.68 bits per heavy atom. The number of hydrogen-bond donors (Lipinski definition) is 1. The van der Waals surface area contributed by atoms with Gasteiger partial charge in [-0.25, -0.2) is 0 Å². The Bertz CT molecular complexity index is 809. The van der Waals surface area contributed by atoms with Crippen LogP contribution in [-0.2, 0) is 9.59 Å². The molecule has 0 saturated carbocycles. The van der Waals surface area contributed by atoms with Crippen LogP contribution in [0.2, 0.25) is 0 Å². The minimum Gasteiger partial charge on any atom is -0.333 e. The molecule has 0 aliphatic carbocycles. The van der Waals surface area contributed by atoms with Crippen molar-refractivity contribution in [3.05, 3.63) is 70.8 Å². The quantitative estimate of drug-likeness (QED) is 0.846. The highest BCUT2D eigenvalue weighted by molar-refractivity contribution is 5.98. The molecule has 1 N–H and O–H groups in total. The van der Waals surface area contributed by atoms with Crippen molar-refractivity contribution < 1.29 is 9.59 Å². The molecule has 2 amide bonds. The zero-order valence-electron chi connectivity index (χ0n) is 15.2. The van der Waals surface area contributed by atoms with E-state index in [2.05, 4.69) is 5.32 Å². The second-order valence-electron chi connectivity index (χ2n) is 6.18.